The lowest BCUT2D eigenvalue weighted by Gasteiger charge is -2.29. The van der Waals surface area contributed by atoms with Gasteiger partial charge in [0, 0.05) is 11.3 Å². The second-order valence-corrected chi connectivity index (χ2v) is 8.83. The molecule has 0 saturated heterocycles. The fourth-order valence-corrected chi connectivity index (χ4v) is 4.95. The lowest BCUT2D eigenvalue weighted by Crippen LogP contribution is -2.55. The van der Waals surface area contributed by atoms with Gasteiger partial charge in [-0.15, -0.1) is 0 Å². The Bertz CT molecular complexity index is 1030. The Labute approximate surface area is 162 Å². The average molecular weight is 389 g/mol. The third-order valence-corrected chi connectivity index (χ3v) is 6.38. The molecule has 0 aliphatic carbocycles. The van der Waals surface area contributed by atoms with Crippen molar-refractivity contribution in [3.63, 3.8) is 0 Å². The largest absolute Gasteiger partial charge is 0.501 e. The highest BCUT2D eigenvalue weighted by atomic mass is 32.1. The van der Waals surface area contributed by atoms with Crippen LogP contribution in [-0.4, -0.2) is 10.2 Å². The normalized spacial score (nSPS) is 16.0. The molecule has 4 rings (SSSR count). The summed E-state index contributed by atoms with van der Waals surface area (Å²) in [6.07, 6.45) is 4.38. The van der Waals surface area contributed by atoms with Crippen LogP contribution in [0.2, 0.25) is 0 Å². The summed E-state index contributed by atoms with van der Waals surface area (Å²) in [6, 6.07) is 3.69. The molecule has 3 aromatic rings. The van der Waals surface area contributed by atoms with Crippen molar-refractivity contribution in [2.24, 2.45) is 0 Å². The van der Waals surface area contributed by atoms with Crippen molar-refractivity contribution in [3.8, 4) is 0 Å². The van der Waals surface area contributed by atoms with Gasteiger partial charge in [-0.2, -0.15) is 13.9 Å². The molecule has 0 saturated carbocycles. The fourth-order valence-electron chi connectivity index (χ4n) is 3.69. The second kappa shape index (κ2) is 6.80. The molecule has 0 atom stereocenters. The van der Waals surface area contributed by atoms with Crippen LogP contribution >= 0.6 is 11.3 Å². The number of rotatable bonds is 5. The molecule has 0 aromatic carbocycles. The first kappa shape index (κ1) is 18.3. The molecule has 1 aliphatic heterocycles. The first-order valence-electron chi connectivity index (χ1n) is 9.44. The van der Waals surface area contributed by atoms with E-state index in [9.17, 15) is 4.79 Å². The molecule has 4 heterocycles. The van der Waals surface area contributed by atoms with E-state index < -0.39 is 0 Å². The van der Waals surface area contributed by atoms with Crippen LogP contribution in [0.1, 0.15) is 49.8 Å². The van der Waals surface area contributed by atoms with E-state index in [1.54, 1.807) is 22.2 Å². The summed E-state index contributed by atoms with van der Waals surface area (Å²) in [5.41, 5.74) is 7.48. The van der Waals surface area contributed by atoms with E-state index in [0.29, 0.717) is 25.5 Å². The number of ether oxygens (including phenoxy) is 1. The van der Waals surface area contributed by atoms with Gasteiger partial charge in [0.25, 0.3) is 0 Å². The average Bonchev–Trinajstić information content (AvgIpc) is 3.25. The van der Waals surface area contributed by atoms with Crippen LogP contribution < -0.4 is 16.0 Å². The lowest BCUT2D eigenvalue weighted by molar-refractivity contribution is -0.688. The van der Waals surface area contributed by atoms with Gasteiger partial charge in [0.1, 0.15) is 11.1 Å². The van der Waals surface area contributed by atoms with E-state index in [4.69, 9.17) is 14.9 Å². The summed E-state index contributed by atoms with van der Waals surface area (Å²) in [5.74, 6) is 1.24. The van der Waals surface area contributed by atoms with Crippen LogP contribution in [0.25, 0.3) is 10.2 Å². The van der Waals surface area contributed by atoms with E-state index in [2.05, 4.69) is 20.8 Å². The monoisotopic (exact) mass is 388 g/mol. The van der Waals surface area contributed by atoms with Gasteiger partial charge < -0.3 is 14.9 Å². The topological polar surface area (TPSA) is 74.3 Å². The molecular weight excluding hydrogens is 362 g/mol. The number of hydrogen-bond acceptors (Lipinski definition) is 5. The summed E-state index contributed by atoms with van der Waals surface area (Å²) < 4.78 is 15.0. The van der Waals surface area contributed by atoms with Gasteiger partial charge in [0.15, 0.2) is 11.4 Å². The smallest absolute Gasteiger partial charge is 0.465 e. The van der Waals surface area contributed by atoms with Crippen molar-refractivity contribution >= 4 is 27.4 Å². The number of hydrogen-bond donors (Lipinski definition) is 1. The van der Waals surface area contributed by atoms with E-state index in [0.717, 1.165) is 35.2 Å². The Morgan fingerprint density at radius 1 is 1.41 bits per heavy atom. The van der Waals surface area contributed by atoms with Crippen molar-refractivity contribution in [2.75, 3.05) is 5.73 Å². The molecule has 0 bridgehead atoms. The Morgan fingerprint density at radius 2 is 2.22 bits per heavy atom. The molecule has 0 radical (unpaired) electrons. The Hall–Kier alpha value is -2.12. The summed E-state index contributed by atoms with van der Waals surface area (Å²) in [6.45, 7) is 7.92. The number of thiophene rings is 1. The minimum Gasteiger partial charge on any atom is -0.465 e. The van der Waals surface area contributed by atoms with E-state index in [1.165, 1.54) is 10.4 Å². The Morgan fingerprint density at radius 3 is 2.93 bits per heavy atom. The van der Waals surface area contributed by atoms with Gasteiger partial charge in [-0.25, -0.2) is 0 Å². The van der Waals surface area contributed by atoms with Crippen molar-refractivity contribution in [1.82, 2.24) is 4.57 Å². The number of nitrogens with two attached hydrogens (primary N) is 1. The minimum atomic E-state index is -0.232. The number of aryl methyl sites for hydroxylation is 1. The molecular formula is C20H26N3O3S+. The molecule has 144 valence electrons. The number of unbranched alkanes of at least 4 members (excludes halogenated alkanes) is 1. The number of fused-ring (bicyclic) bond motifs is 3. The van der Waals surface area contributed by atoms with Gasteiger partial charge in [0.2, 0.25) is 5.82 Å². The first-order chi connectivity index (χ1) is 12.9. The number of nitrogens with zero attached hydrogens (tertiary/aromatic N) is 2. The van der Waals surface area contributed by atoms with Crippen LogP contribution in [0, 0.1) is 0 Å². The summed E-state index contributed by atoms with van der Waals surface area (Å²) in [4.78, 5) is 15.4. The van der Waals surface area contributed by atoms with E-state index in [-0.39, 0.29) is 11.3 Å². The molecule has 3 aromatic heterocycles. The number of furan rings is 1. The summed E-state index contributed by atoms with van der Waals surface area (Å²) >= 11 is 1.64. The third kappa shape index (κ3) is 3.19. The van der Waals surface area contributed by atoms with Gasteiger partial charge in [0.05, 0.1) is 25.0 Å². The van der Waals surface area contributed by atoms with Gasteiger partial charge in [-0.05, 0) is 38.0 Å². The predicted molar refractivity (Wildman–Crippen MR) is 106 cm³/mol. The zero-order valence-corrected chi connectivity index (χ0v) is 16.9. The maximum absolute atomic E-state index is 13.3. The van der Waals surface area contributed by atoms with Crippen molar-refractivity contribution < 1.29 is 13.7 Å². The SMILES string of the molecule is CCCC[n+]1c(=O)n(Cc2ccco2)c(N)c2c3c(sc21)COC(C)(C)C3. The Balaban J connectivity index is 1.96. The van der Waals surface area contributed by atoms with Crippen LogP contribution in [0.4, 0.5) is 5.82 Å². The molecule has 0 unspecified atom stereocenters. The highest BCUT2D eigenvalue weighted by molar-refractivity contribution is 7.18. The lowest BCUT2D eigenvalue weighted by atomic mass is 9.94. The highest BCUT2D eigenvalue weighted by Gasteiger charge is 2.34. The standard InChI is InChI=1S/C20H25N3O3S/c1-4-5-8-22-18-16(14-10-20(2,3)26-12-15(14)27-18)17(21)23(19(22)24)11-13-7-6-9-25-13/h6-7,9,21H,4-5,8,10-12H2,1-3H3/p+1. The molecule has 0 amide bonds. The third-order valence-electron chi connectivity index (χ3n) is 5.15. The zero-order valence-electron chi connectivity index (χ0n) is 16.1. The molecule has 27 heavy (non-hydrogen) atoms. The van der Waals surface area contributed by atoms with Crippen LogP contribution in [0.15, 0.2) is 27.6 Å². The quantitative estimate of drug-likeness (QED) is 0.681. The molecule has 6 nitrogen and oxygen atoms in total. The minimum absolute atomic E-state index is 0.0800. The van der Waals surface area contributed by atoms with E-state index in [1.807, 2.05) is 16.7 Å². The fraction of sp³-hybridized carbons (Fsp3) is 0.500. The van der Waals surface area contributed by atoms with Crippen molar-refractivity contribution in [1.29, 1.82) is 0 Å². The highest BCUT2D eigenvalue weighted by Crippen LogP contribution is 2.39. The van der Waals surface area contributed by atoms with Crippen molar-refractivity contribution in [3.05, 3.63) is 45.1 Å². The Kier molecular flexibility index (Phi) is 4.60. The van der Waals surface area contributed by atoms with Crippen molar-refractivity contribution in [2.45, 2.75) is 65.3 Å². The van der Waals surface area contributed by atoms with Crippen LogP contribution in [0.5, 0.6) is 0 Å². The molecule has 7 heteroatoms. The zero-order chi connectivity index (χ0) is 19.2. The maximum Gasteiger partial charge on any atom is 0.501 e. The molecule has 1 aliphatic rings. The molecule has 2 N–H and O–H groups in total. The summed E-state index contributed by atoms with van der Waals surface area (Å²) in [7, 11) is 0. The number of anilines is 1. The molecule has 0 spiro atoms. The number of nitrogen functional groups attached to an aromatic ring is 1. The molecule has 0 fully saturated rings. The second-order valence-electron chi connectivity index (χ2n) is 7.75. The number of aromatic nitrogens is 2. The van der Waals surface area contributed by atoms with Crippen LogP contribution in [0.3, 0.4) is 0 Å². The van der Waals surface area contributed by atoms with Gasteiger partial charge in [-0.1, -0.05) is 24.7 Å². The van der Waals surface area contributed by atoms with E-state index >= 15 is 0 Å². The van der Waals surface area contributed by atoms with Crippen LogP contribution in [-0.2, 0) is 30.9 Å². The predicted octanol–water partition coefficient (Wildman–Crippen LogP) is 3.23. The first-order valence-corrected chi connectivity index (χ1v) is 10.3. The summed E-state index contributed by atoms with van der Waals surface area (Å²) in [5, 5.41) is 1.01. The van der Waals surface area contributed by atoms with Gasteiger partial charge >= 0.3 is 5.69 Å². The maximum atomic E-state index is 13.3. The van der Waals surface area contributed by atoms with Gasteiger partial charge in [-0.3, -0.25) is 0 Å².